The highest BCUT2D eigenvalue weighted by atomic mass is 16.5. The molecule has 7 heteroatoms. The standard InChI is InChI=1S/C24H27N5O2/c1-28(2)20-7-3-6-19(18-20)9-10-22-24(27-21-8-4-11-25-23(21)26-22)31-15-5-12-29-13-16-30-17-14-29/h3-4,6-8,11,18H,5,12-17H2,1-2H3. The minimum Gasteiger partial charge on any atom is -0.476 e. The zero-order chi connectivity index (χ0) is 21.5. The molecule has 31 heavy (non-hydrogen) atoms. The number of aromatic nitrogens is 3. The van der Waals surface area contributed by atoms with Crippen LogP contribution in [-0.4, -0.2) is 73.4 Å². The van der Waals surface area contributed by atoms with Crippen LogP contribution in [0, 0.1) is 11.8 Å². The molecule has 7 nitrogen and oxygen atoms in total. The summed E-state index contributed by atoms with van der Waals surface area (Å²) in [7, 11) is 4.02. The second-order valence-electron chi connectivity index (χ2n) is 7.57. The van der Waals surface area contributed by atoms with Gasteiger partial charge in [0.15, 0.2) is 11.3 Å². The molecule has 0 amide bonds. The lowest BCUT2D eigenvalue weighted by atomic mass is 10.2. The zero-order valence-electron chi connectivity index (χ0n) is 18.0. The maximum Gasteiger partial charge on any atom is 0.249 e. The minimum absolute atomic E-state index is 0.457. The average molecular weight is 418 g/mol. The number of anilines is 1. The quantitative estimate of drug-likeness (QED) is 0.451. The van der Waals surface area contributed by atoms with Crippen LogP contribution >= 0.6 is 0 Å². The first-order chi connectivity index (χ1) is 15.2. The van der Waals surface area contributed by atoms with Gasteiger partial charge in [0.1, 0.15) is 5.52 Å². The fourth-order valence-electron chi connectivity index (χ4n) is 3.33. The van der Waals surface area contributed by atoms with Gasteiger partial charge in [-0.2, -0.15) is 0 Å². The third-order valence-electron chi connectivity index (χ3n) is 5.06. The molecular formula is C24H27N5O2. The number of nitrogens with zero attached hydrogens (tertiary/aromatic N) is 5. The van der Waals surface area contributed by atoms with Crippen LogP contribution in [0.5, 0.6) is 5.88 Å². The normalized spacial score (nSPS) is 14.1. The SMILES string of the molecule is CN(C)c1cccc(C#Cc2nc3ncccc3nc2OCCCN2CCOCC2)c1. The molecule has 0 aliphatic carbocycles. The van der Waals surface area contributed by atoms with Crippen LogP contribution in [-0.2, 0) is 4.74 Å². The Bertz CT molecular complexity index is 1080. The summed E-state index contributed by atoms with van der Waals surface area (Å²) in [5.41, 5.74) is 3.78. The van der Waals surface area contributed by atoms with Crippen LogP contribution < -0.4 is 9.64 Å². The summed E-state index contributed by atoms with van der Waals surface area (Å²) in [5.74, 6) is 6.80. The average Bonchev–Trinajstić information content (AvgIpc) is 2.81. The molecule has 3 aromatic rings. The predicted octanol–water partition coefficient (Wildman–Crippen LogP) is 2.59. The van der Waals surface area contributed by atoms with Gasteiger partial charge in [-0.3, -0.25) is 4.90 Å². The molecule has 3 heterocycles. The molecule has 1 saturated heterocycles. The van der Waals surface area contributed by atoms with E-state index in [-0.39, 0.29) is 0 Å². The van der Waals surface area contributed by atoms with Gasteiger partial charge in [-0.05, 0) is 42.7 Å². The first kappa shape index (κ1) is 21.0. The van der Waals surface area contributed by atoms with Gasteiger partial charge in [0.05, 0.1) is 19.8 Å². The number of rotatable bonds is 6. The highest BCUT2D eigenvalue weighted by Gasteiger charge is 2.12. The fourth-order valence-corrected chi connectivity index (χ4v) is 3.33. The lowest BCUT2D eigenvalue weighted by Gasteiger charge is -2.26. The van der Waals surface area contributed by atoms with Gasteiger partial charge in [0, 0.05) is 51.2 Å². The molecule has 1 aliphatic heterocycles. The summed E-state index contributed by atoms with van der Waals surface area (Å²) < 4.78 is 11.4. The zero-order valence-corrected chi connectivity index (χ0v) is 18.0. The van der Waals surface area contributed by atoms with Crippen molar-refractivity contribution in [2.24, 2.45) is 0 Å². The second-order valence-corrected chi connectivity index (χ2v) is 7.57. The molecule has 0 atom stereocenters. The molecular weight excluding hydrogens is 390 g/mol. The number of fused-ring (bicyclic) bond motifs is 1. The van der Waals surface area contributed by atoms with Crippen molar-refractivity contribution in [2.75, 3.05) is 58.5 Å². The van der Waals surface area contributed by atoms with E-state index in [0.717, 1.165) is 50.5 Å². The van der Waals surface area contributed by atoms with E-state index in [1.807, 2.05) is 55.4 Å². The number of pyridine rings is 1. The summed E-state index contributed by atoms with van der Waals surface area (Å²) in [4.78, 5) is 18.0. The number of hydrogen-bond donors (Lipinski definition) is 0. The van der Waals surface area contributed by atoms with Gasteiger partial charge in [-0.25, -0.2) is 15.0 Å². The van der Waals surface area contributed by atoms with E-state index in [9.17, 15) is 0 Å². The maximum atomic E-state index is 6.02. The van der Waals surface area contributed by atoms with E-state index in [0.29, 0.717) is 29.3 Å². The molecule has 1 aromatic carbocycles. The summed E-state index contributed by atoms with van der Waals surface area (Å²) in [6.07, 6.45) is 2.61. The Morgan fingerprint density at radius 1 is 1.10 bits per heavy atom. The van der Waals surface area contributed by atoms with E-state index in [2.05, 4.69) is 31.7 Å². The first-order valence-corrected chi connectivity index (χ1v) is 10.5. The molecule has 0 saturated carbocycles. The Morgan fingerprint density at radius 3 is 2.81 bits per heavy atom. The molecule has 0 unspecified atom stereocenters. The van der Waals surface area contributed by atoms with Crippen molar-refractivity contribution in [1.82, 2.24) is 19.9 Å². The topological polar surface area (TPSA) is 63.6 Å². The molecule has 2 aromatic heterocycles. The second kappa shape index (κ2) is 10.2. The van der Waals surface area contributed by atoms with Crippen LogP contribution in [0.15, 0.2) is 42.6 Å². The number of ether oxygens (including phenoxy) is 2. The number of morpholine rings is 1. The van der Waals surface area contributed by atoms with E-state index in [1.165, 1.54) is 0 Å². The van der Waals surface area contributed by atoms with Crippen LogP contribution in [0.1, 0.15) is 17.7 Å². The van der Waals surface area contributed by atoms with Gasteiger partial charge in [-0.1, -0.05) is 12.0 Å². The highest BCUT2D eigenvalue weighted by Crippen LogP contribution is 2.18. The summed E-state index contributed by atoms with van der Waals surface area (Å²) in [6, 6.07) is 11.8. The highest BCUT2D eigenvalue weighted by molar-refractivity contribution is 5.71. The summed E-state index contributed by atoms with van der Waals surface area (Å²) in [6.45, 7) is 5.10. The van der Waals surface area contributed by atoms with Crippen molar-refractivity contribution in [3.63, 3.8) is 0 Å². The lowest BCUT2D eigenvalue weighted by molar-refractivity contribution is 0.0357. The molecule has 0 bridgehead atoms. The van der Waals surface area contributed by atoms with E-state index < -0.39 is 0 Å². The Balaban J connectivity index is 1.52. The van der Waals surface area contributed by atoms with Crippen molar-refractivity contribution in [3.05, 3.63) is 53.9 Å². The monoisotopic (exact) mass is 417 g/mol. The van der Waals surface area contributed by atoms with Crippen LogP contribution in [0.25, 0.3) is 11.2 Å². The Morgan fingerprint density at radius 2 is 1.97 bits per heavy atom. The maximum absolute atomic E-state index is 6.02. The van der Waals surface area contributed by atoms with Gasteiger partial charge in [0.2, 0.25) is 5.88 Å². The first-order valence-electron chi connectivity index (χ1n) is 10.5. The Labute approximate surface area is 183 Å². The van der Waals surface area contributed by atoms with Crippen molar-refractivity contribution in [2.45, 2.75) is 6.42 Å². The van der Waals surface area contributed by atoms with Gasteiger partial charge >= 0.3 is 0 Å². The molecule has 4 rings (SSSR count). The largest absolute Gasteiger partial charge is 0.476 e. The molecule has 160 valence electrons. The van der Waals surface area contributed by atoms with Crippen molar-refractivity contribution in [3.8, 4) is 17.7 Å². The molecule has 0 radical (unpaired) electrons. The van der Waals surface area contributed by atoms with Crippen molar-refractivity contribution < 1.29 is 9.47 Å². The summed E-state index contributed by atoms with van der Waals surface area (Å²) >= 11 is 0. The number of benzene rings is 1. The van der Waals surface area contributed by atoms with E-state index in [4.69, 9.17) is 9.47 Å². The number of hydrogen-bond acceptors (Lipinski definition) is 7. The molecule has 1 fully saturated rings. The predicted molar refractivity (Wildman–Crippen MR) is 121 cm³/mol. The minimum atomic E-state index is 0.457. The van der Waals surface area contributed by atoms with Crippen molar-refractivity contribution >= 4 is 16.9 Å². The summed E-state index contributed by atoms with van der Waals surface area (Å²) in [5, 5.41) is 0. The van der Waals surface area contributed by atoms with E-state index >= 15 is 0 Å². The van der Waals surface area contributed by atoms with Gasteiger partial charge in [0.25, 0.3) is 0 Å². The lowest BCUT2D eigenvalue weighted by Crippen LogP contribution is -2.37. The van der Waals surface area contributed by atoms with Crippen molar-refractivity contribution in [1.29, 1.82) is 0 Å². The molecule has 0 N–H and O–H groups in total. The smallest absolute Gasteiger partial charge is 0.249 e. The van der Waals surface area contributed by atoms with Crippen LogP contribution in [0.2, 0.25) is 0 Å². The van der Waals surface area contributed by atoms with Crippen LogP contribution in [0.3, 0.4) is 0 Å². The Hall–Kier alpha value is -3.21. The fraction of sp³-hybridized carbons (Fsp3) is 0.375. The van der Waals surface area contributed by atoms with Gasteiger partial charge in [-0.15, -0.1) is 0 Å². The molecule has 0 spiro atoms. The van der Waals surface area contributed by atoms with Gasteiger partial charge < -0.3 is 14.4 Å². The van der Waals surface area contributed by atoms with Crippen LogP contribution in [0.4, 0.5) is 5.69 Å². The Kier molecular flexibility index (Phi) is 6.92. The third-order valence-corrected chi connectivity index (χ3v) is 5.06. The third kappa shape index (κ3) is 5.69. The van der Waals surface area contributed by atoms with E-state index in [1.54, 1.807) is 6.20 Å². The molecule has 1 aliphatic rings.